The summed E-state index contributed by atoms with van der Waals surface area (Å²) in [4.78, 5) is 11.6. The topological polar surface area (TPSA) is 50.3 Å². The summed E-state index contributed by atoms with van der Waals surface area (Å²) >= 11 is 0. The smallest absolute Gasteiger partial charge is 0.137 e. The van der Waals surface area contributed by atoms with E-state index >= 15 is 0 Å². The summed E-state index contributed by atoms with van der Waals surface area (Å²) in [7, 11) is 1.77. The van der Waals surface area contributed by atoms with Crippen LogP contribution in [0.3, 0.4) is 0 Å². The summed E-state index contributed by atoms with van der Waals surface area (Å²) in [6, 6.07) is 8.19. The molecule has 5 heteroatoms. The second-order valence-electron chi connectivity index (χ2n) is 6.32. The molecule has 0 amide bonds. The molecule has 1 atom stereocenters. The molecule has 2 heterocycles. The molecule has 1 aliphatic heterocycles. The minimum absolute atomic E-state index is 0.662. The second kappa shape index (κ2) is 7.70. The molecule has 0 saturated carbocycles. The van der Waals surface area contributed by atoms with Gasteiger partial charge in [-0.25, -0.2) is 9.97 Å². The van der Waals surface area contributed by atoms with Crippen molar-refractivity contribution in [3.63, 3.8) is 0 Å². The maximum atomic E-state index is 5.20. The van der Waals surface area contributed by atoms with Gasteiger partial charge < -0.3 is 15.0 Å². The van der Waals surface area contributed by atoms with Gasteiger partial charge in [0.1, 0.15) is 11.6 Å². The molecule has 0 aliphatic carbocycles. The average Bonchev–Trinajstić information content (AvgIpc) is 2.58. The van der Waals surface area contributed by atoms with Crippen molar-refractivity contribution in [3.05, 3.63) is 30.1 Å². The molecule has 1 N–H and O–H groups in total. The number of piperidine rings is 1. The van der Waals surface area contributed by atoms with Crippen LogP contribution in [0.15, 0.2) is 24.3 Å². The number of rotatable bonds is 6. The van der Waals surface area contributed by atoms with Gasteiger partial charge in [-0.15, -0.1) is 0 Å². The SMILES string of the molecule is COCCN1CCCC(CNc2nc(C)nc3ccccc23)C1. The van der Waals surface area contributed by atoms with Crippen molar-refractivity contribution in [1.82, 2.24) is 14.9 Å². The number of nitrogens with one attached hydrogen (secondary N) is 1. The second-order valence-corrected chi connectivity index (χ2v) is 6.32. The number of hydrogen-bond acceptors (Lipinski definition) is 5. The fourth-order valence-electron chi connectivity index (χ4n) is 3.31. The number of hydrogen-bond donors (Lipinski definition) is 1. The summed E-state index contributed by atoms with van der Waals surface area (Å²) in [5, 5.41) is 4.67. The fourth-order valence-corrected chi connectivity index (χ4v) is 3.31. The third kappa shape index (κ3) is 4.18. The van der Waals surface area contributed by atoms with Gasteiger partial charge in [-0.2, -0.15) is 0 Å². The molecule has 23 heavy (non-hydrogen) atoms. The zero-order valence-corrected chi connectivity index (χ0v) is 14.1. The standard InChI is InChI=1S/C18H26N4O/c1-14-20-17-8-4-3-7-16(17)18(21-14)19-12-15-6-5-9-22(13-15)10-11-23-2/h3-4,7-8,15H,5-6,9-13H2,1-2H3,(H,19,20,21). The molecule has 1 fully saturated rings. The van der Waals surface area contributed by atoms with Crippen LogP contribution in [0.5, 0.6) is 0 Å². The number of anilines is 1. The van der Waals surface area contributed by atoms with Gasteiger partial charge in [0.25, 0.3) is 0 Å². The molecule has 0 radical (unpaired) electrons. The molecule has 2 aromatic rings. The molecule has 124 valence electrons. The van der Waals surface area contributed by atoms with E-state index in [1.54, 1.807) is 7.11 Å². The molecule has 1 unspecified atom stereocenters. The highest BCUT2D eigenvalue weighted by Gasteiger charge is 2.19. The number of likely N-dealkylation sites (tertiary alicyclic amines) is 1. The van der Waals surface area contributed by atoms with Gasteiger partial charge >= 0.3 is 0 Å². The van der Waals surface area contributed by atoms with Crippen LogP contribution in [0.4, 0.5) is 5.82 Å². The molecule has 1 saturated heterocycles. The van der Waals surface area contributed by atoms with Crippen LogP contribution in [-0.2, 0) is 4.74 Å². The van der Waals surface area contributed by atoms with E-state index in [1.165, 1.54) is 19.4 Å². The molecule has 0 bridgehead atoms. The van der Waals surface area contributed by atoms with Gasteiger partial charge in [0.2, 0.25) is 0 Å². The maximum absolute atomic E-state index is 5.20. The average molecular weight is 314 g/mol. The minimum atomic E-state index is 0.662. The van der Waals surface area contributed by atoms with E-state index in [4.69, 9.17) is 4.74 Å². The Bertz CT molecular complexity index is 646. The Kier molecular flexibility index (Phi) is 5.41. The van der Waals surface area contributed by atoms with Gasteiger partial charge in [-0.1, -0.05) is 12.1 Å². The monoisotopic (exact) mass is 314 g/mol. The van der Waals surface area contributed by atoms with Gasteiger partial charge in [-0.05, 0) is 44.4 Å². The maximum Gasteiger partial charge on any atom is 0.137 e. The van der Waals surface area contributed by atoms with Crippen molar-refractivity contribution < 1.29 is 4.74 Å². The Labute approximate surface area is 138 Å². The summed E-state index contributed by atoms with van der Waals surface area (Å²) in [6.45, 7) is 7.08. The number of aromatic nitrogens is 2. The quantitative estimate of drug-likeness (QED) is 0.888. The summed E-state index contributed by atoms with van der Waals surface area (Å²) < 4.78 is 5.20. The highest BCUT2D eigenvalue weighted by Crippen LogP contribution is 2.22. The van der Waals surface area contributed by atoms with Gasteiger partial charge in [-0.3, -0.25) is 0 Å². The highest BCUT2D eigenvalue weighted by molar-refractivity contribution is 5.88. The number of fused-ring (bicyclic) bond motifs is 1. The van der Waals surface area contributed by atoms with E-state index in [0.717, 1.165) is 48.8 Å². The predicted octanol–water partition coefficient (Wildman–Crippen LogP) is 2.71. The molecule has 5 nitrogen and oxygen atoms in total. The minimum Gasteiger partial charge on any atom is -0.383 e. The number of aryl methyl sites for hydroxylation is 1. The first-order chi connectivity index (χ1) is 11.3. The lowest BCUT2D eigenvalue weighted by molar-refractivity contribution is 0.117. The number of methoxy groups -OCH3 is 1. The number of nitrogens with zero attached hydrogens (tertiary/aromatic N) is 3. The Morgan fingerprint density at radius 3 is 3.04 bits per heavy atom. The van der Waals surface area contributed by atoms with Gasteiger partial charge in [0, 0.05) is 32.1 Å². The van der Waals surface area contributed by atoms with Crippen molar-refractivity contribution in [2.24, 2.45) is 5.92 Å². The number of benzene rings is 1. The zero-order valence-electron chi connectivity index (χ0n) is 14.1. The summed E-state index contributed by atoms with van der Waals surface area (Å²) in [6.07, 6.45) is 2.54. The van der Waals surface area contributed by atoms with E-state index in [9.17, 15) is 0 Å². The zero-order chi connectivity index (χ0) is 16.1. The Hall–Kier alpha value is -1.72. The number of para-hydroxylation sites is 1. The van der Waals surface area contributed by atoms with E-state index < -0.39 is 0 Å². The van der Waals surface area contributed by atoms with Crippen LogP contribution < -0.4 is 5.32 Å². The molecule has 1 aromatic carbocycles. The van der Waals surface area contributed by atoms with Crippen molar-refractivity contribution >= 4 is 16.7 Å². The van der Waals surface area contributed by atoms with Crippen LogP contribution >= 0.6 is 0 Å². The Morgan fingerprint density at radius 2 is 2.17 bits per heavy atom. The van der Waals surface area contributed by atoms with E-state index in [0.29, 0.717) is 5.92 Å². The number of ether oxygens (including phenoxy) is 1. The third-order valence-electron chi connectivity index (χ3n) is 4.49. The van der Waals surface area contributed by atoms with Crippen molar-refractivity contribution in [3.8, 4) is 0 Å². The molecule has 1 aliphatic rings. The first-order valence-corrected chi connectivity index (χ1v) is 8.45. The summed E-state index contributed by atoms with van der Waals surface area (Å²) in [5.41, 5.74) is 1.01. The Balaban J connectivity index is 1.64. The lowest BCUT2D eigenvalue weighted by Crippen LogP contribution is -2.39. The van der Waals surface area contributed by atoms with Crippen LogP contribution in [0.1, 0.15) is 18.7 Å². The van der Waals surface area contributed by atoms with Crippen LogP contribution in [0.2, 0.25) is 0 Å². The lowest BCUT2D eigenvalue weighted by atomic mass is 9.98. The fraction of sp³-hybridized carbons (Fsp3) is 0.556. The van der Waals surface area contributed by atoms with Crippen molar-refractivity contribution in [2.75, 3.05) is 45.2 Å². The highest BCUT2D eigenvalue weighted by atomic mass is 16.5. The molecular weight excluding hydrogens is 288 g/mol. The normalized spacial score (nSPS) is 19.1. The van der Waals surface area contributed by atoms with Gasteiger partial charge in [0.15, 0.2) is 0 Å². The van der Waals surface area contributed by atoms with E-state index in [1.807, 2.05) is 25.1 Å². The molecule has 1 aromatic heterocycles. The van der Waals surface area contributed by atoms with Crippen molar-refractivity contribution in [1.29, 1.82) is 0 Å². The molecular formula is C18H26N4O. The lowest BCUT2D eigenvalue weighted by Gasteiger charge is -2.32. The molecule has 0 spiro atoms. The summed E-state index contributed by atoms with van der Waals surface area (Å²) in [5.74, 6) is 2.44. The largest absolute Gasteiger partial charge is 0.383 e. The van der Waals surface area contributed by atoms with Crippen LogP contribution in [-0.4, -0.2) is 54.8 Å². The van der Waals surface area contributed by atoms with Crippen LogP contribution in [0, 0.1) is 12.8 Å². The third-order valence-corrected chi connectivity index (χ3v) is 4.49. The van der Waals surface area contributed by atoms with Gasteiger partial charge in [0.05, 0.1) is 12.1 Å². The Morgan fingerprint density at radius 1 is 1.30 bits per heavy atom. The predicted molar refractivity (Wildman–Crippen MR) is 93.8 cm³/mol. The molecule has 3 rings (SSSR count). The first kappa shape index (κ1) is 16.1. The van der Waals surface area contributed by atoms with E-state index in [2.05, 4.69) is 26.3 Å². The van der Waals surface area contributed by atoms with Crippen LogP contribution in [0.25, 0.3) is 10.9 Å². The van der Waals surface area contributed by atoms with Crippen molar-refractivity contribution in [2.45, 2.75) is 19.8 Å². The van der Waals surface area contributed by atoms with E-state index in [-0.39, 0.29) is 0 Å². The first-order valence-electron chi connectivity index (χ1n) is 8.45.